The number of pyridine rings is 1. The third-order valence-electron chi connectivity index (χ3n) is 3.43. The van der Waals surface area contributed by atoms with Crippen LogP contribution >= 0.6 is 11.6 Å². The minimum absolute atomic E-state index is 0.687. The predicted octanol–water partition coefficient (Wildman–Crippen LogP) is 3.88. The van der Waals surface area contributed by atoms with Crippen LogP contribution in [0.5, 0.6) is 0 Å². The standard InChI is InChI=1S/C16H17ClN4/c1-21-11-19-15-14(21)7-9-18-16(15)20-13-6-2-4-12(10-13)5-3-8-17/h2,4,6-7,9-11H,3,5,8H2,1H3,(H,18,20). The Kier molecular flexibility index (Phi) is 4.06. The number of imidazole rings is 1. The number of aromatic nitrogens is 3. The first-order chi connectivity index (χ1) is 10.3. The van der Waals surface area contributed by atoms with Crippen LogP contribution in [0.4, 0.5) is 11.5 Å². The van der Waals surface area contributed by atoms with E-state index in [4.69, 9.17) is 11.6 Å². The molecule has 0 aliphatic rings. The molecule has 3 rings (SSSR count). The van der Waals surface area contributed by atoms with Gasteiger partial charge in [0.2, 0.25) is 0 Å². The van der Waals surface area contributed by atoms with Gasteiger partial charge >= 0.3 is 0 Å². The summed E-state index contributed by atoms with van der Waals surface area (Å²) in [6.07, 6.45) is 5.57. The zero-order valence-electron chi connectivity index (χ0n) is 11.9. The van der Waals surface area contributed by atoms with E-state index in [1.54, 1.807) is 12.5 Å². The van der Waals surface area contributed by atoms with Crippen molar-refractivity contribution in [1.29, 1.82) is 0 Å². The number of hydrogen-bond donors (Lipinski definition) is 1. The molecule has 0 aliphatic heterocycles. The first-order valence-corrected chi connectivity index (χ1v) is 7.49. The number of alkyl halides is 1. The summed E-state index contributed by atoms with van der Waals surface area (Å²) in [5.41, 5.74) is 4.23. The second-order valence-corrected chi connectivity index (χ2v) is 5.38. The van der Waals surface area contributed by atoms with Crippen LogP contribution in [0.15, 0.2) is 42.9 Å². The van der Waals surface area contributed by atoms with Gasteiger partial charge in [-0.15, -0.1) is 11.6 Å². The fourth-order valence-electron chi connectivity index (χ4n) is 2.37. The summed E-state index contributed by atoms with van der Waals surface area (Å²) in [4.78, 5) is 8.81. The molecule has 21 heavy (non-hydrogen) atoms. The molecule has 0 bridgehead atoms. The summed E-state index contributed by atoms with van der Waals surface area (Å²) < 4.78 is 1.99. The van der Waals surface area contributed by atoms with E-state index in [1.807, 2.05) is 29.8 Å². The quantitative estimate of drug-likeness (QED) is 0.727. The monoisotopic (exact) mass is 300 g/mol. The third-order valence-corrected chi connectivity index (χ3v) is 3.70. The number of hydrogen-bond acceptors (Lipinski definition) is 3. The van der Waals surface area contributed by atoms with Gasteiger partial charge in [-0.05, 0) is 36.6 Å². The zero-order chi connectivity index (χ0) is 14.7. The number of rotatable bonds is 5. The van der Waals surface area contributed by atoms with Crippen molar-refractivity contribution in [2.45, 2.75) is 12.8 Å². The van der Waals surface area contributed by atoms with Crippen molar-refractivity contribution < 1.29 is 0 Å². The van der Waals surface area contributed by atoms with Gasteiger partial charge in [0.25, 0.3) is 0 Å². The van der Waals surface area contributed by atoms with E-state index in [-0.39, 0.29) is 0 Å². The van der Waals surface area contributed by atoms with Crippen molar-refractivity contribution in [3.63, 3.8) is 0 Å². The molecule has 5 heteroatoms. The number of nitrogens with one attached hydrogen (secondary N) is 1. The van der Waals surface area contributed by atoms with Crippen molar-refractivity contribution in [2.75, 3.05) is 11.2 Å². The van der Waals surface area contributed by atoms with Crippen molar-refractivity contribution in [2.24, 2.45) is 7.05 Å². The highest BCUT2D eigenvalue weighted by Gasteiger charge is 2.07. The van der Waals surface area contributed by atoms with Gasteiger partial charge in [0.15, 0.2) is 5.82 Å². The largest absolute Gasteiger partial charge is 0.338 e. The molecule has 2 heterocycles. The molecule has 0 unspecified atom stereocenters. The summed E-state index contributed by atoms with van der Waals surface area (Å²) in [5, 5.41) is 3.36. The predicted molar refractivity (Wildman–Crippen MR) is 87.3 cm³/mol. The molecular formula is C16H17ClN4. The molecular weight excluding hydrogens is 284 g/mol. The molecule has 1 aromatic carbocycles. The first kappa shape index (κ1) is 13.9. The maximum absolute atomic E-state index is 5.75. The molecule has 0 saturated heterocycles. The number of anilines is 2. The molecule has 108 valence electrons. The van der Waals surface area contributed by atoms with Gasteiger partial charge < -0.3 is 9.88 Å². The first-order valence-electron chi connectivity index (χ1n) is 6.96. The lowest BCUT2D eigenvalue weighted by Gasteiger charge is -2.08. The Morgan fingerprint density at radius 2 is 2.14 bits per heavy atom. The van der Waals surface area contributed by atoms with E-state index < -0.39 is 0 Å². The summed E-state index contributed by atoms with van der Waals surface area (Å²) in [7, 11) is 1.98. The highest BCUT2D eigenvalue weighted by molar-refractivity contribution is 6.17. The number of fused-ring (bicyclic) bond motifs is 1. The fraction of sp³-hybridized carbons (Fsp3) is 0.250. The number of nitrogens with zero attached hydrogens (tertiary/aromatic N) is 3. The molecule has 0 saturated carbocycles. The maximum atomic E-state index is 5.75. The van der Waals surface area contributed by atoms with E-state index in [0.717, 1.165) is 35.4 Å². The highest BCUT2D eigenvalue weighted by atomic mass is 35.5. The minimum Gasteiger partial charge on any atom is -0.338 e. The van der Waals surface area contributed by atoms with Crippen LogP contribution in [0.2, 0.25) is 0 Å². The van der Waals surface area contributed by atoms with E-state index in [2.05, 4.69) is 27.4 Å². The van der Waals surface area contributed by atoms with Crippen LogP contribution in [0.3, 0.4) is 0 Å². The van der Waals surface area contributed by atoms with Crippen LogP contribution in [0.25, 0.3) is 11.0 Å². The Hall–Kier alpha value is -2.07. The van der Waals surface area contributed by atoms with Gasteiger partial charge in [0.05, 0.1) is 11.8 Å². The number of aryl methyl sites for hydroxylation is 2. The van der Waals surface area contributed by atoms with Crippen LogP contribution in [-0.4, -0.2) is 20.4 Å². The van der Waals surface area contributed by atoms with Crippen molar-refractivity contribution in [3.05, 3.63) is 48.4 Å². The third kappa shape index (κ3) is 3.00. The van der Waals surface area contributed by atoms with Crippen LogP contribution in [0, 0.1) is 0 Å². The Labute approximate surface area is 128 Å². The van der Waals surface area contributed by atoms with Crippen LogP contribution in [-0.2, 0) is 13.5 Å². The Balaban J connectivity index is 1.88. The Morgan fingerprint density at radius 3 is 3.00 bits per heavy atom. The molecule has 0 fully saturated rings. The molecule has 4 nitrogen and oxygen atoms in total. The molecule has 0 aliphatic carbocycles. The topological polar surface area (TPSA) is 42.7 Å². The van der Waals surface area contributed by atoms with Crippen LogP contribution in [0.1, 0.15) is 12.0 Å². The van der Waals surface area contributed by atoms with E-state index in [9.17, 15) is 0 Å². The van der Waals surface area contributed by atoms with E-state index in [0.29, 0.717) is 5.88 Å². The van der Waals surface area contributed by atoms with Gasteiger partial charge in [-0.1, -0.05) is 12.1 Å². The van der Waals surface area contributed by atoms with E-state index >= 15 is 0 Å². The van der Waals surface area contributed by atoms with Crippen molar-refractivity contribution in [3.8, 4) is 0 Å². The van der Waals surface area contributed by atoms with Gasteiger partial charge in [0.1, 0.15) is 5.52 Å². The summed E-state index contributed by atoms with van der Waals surface area (Å²) in [6, 6.07) is 10.3. The van der Waals surface area contributed by atoms with Gasteiger partial charge in [-0.2, -0.15) is 0 Å². The van der Waals surface area contributed by atoms with Gasteiger partial charge in [-0.3, -0.25) is 0 Å². The average Bonchev–Trinajstić information content (AvgIpc) is 2.88. The fourth-order valence-corrected chi connectivity index (χ4v) is 2.50. The maximum Gasteiger partial charge on any atom is 0.158 e. The molecule has 3 aromatic rings. The molecule has 0 amide bonds. The molecule has 0 spiro atoms. The normalized spacial score (nSPS) is 11.0. The zero-order valence-corrected chi connectivity index (χ0v) is 12.6. The summed E-state index contributed by atoms with van der Waals surface area (Å²) in [6.45, 7) is 0. The number of halogens is 1. The second-order valence-electron chi connectivity index (χ2n) is 5.00. The minimum atomic E-state index is 0.687. The smallest absolute Gasteiger partial charge is 0.158 e. The SMILES string of the molecule is Cn1cnc2c(Nc3cccc(CCCCl)c3)nccc21. The van der Waals surface area contributed by atoms with E-state index in [1.165, 1.54) is 5.56 Å². The van der Waals surface area contributed by atoms with Gasteiger partial charge in [0, 0.05) is 24.8 Å². The lowest BCUT2D eigenvalue weighted by molar-refractivity contribution is 0.929. The number of benzene rings is 1. The molecule has 1 N–H and O–H groups in total. The lowest BCUT2D eigenvalue weighted by atomic mass is 10.1. The van der Waals surface area contributed by atoms with Crippen LogP contribution < -0.4 is 5.32 Å². The lowest BCUT2D eigenvalue weighted by Crippen LogP contribution is -1.96. The molecule has 2 aromatic heterocycles. The Morgan fingerprint density at radius 1 is 1.24 bits per heavy atom. The Bertz CT molecular complexity index is 751. The average molecular weight is 301 g/mol. The van der Waals surface area contributed by atoms with Crippen molar-refractivity contribution in [1.82, 2.24) is 14.5 Å². The van der Waals surface area contributed by atoms with Gasteiger partial charge in [-0.25, -0.2) is 9.97 Å². The summed E-state index contributed by atoms with van der Waals surface area (Å²) >= 11 is 5.75. The second kappa shape index (κ2) is 6.14. The van der Waals surface area contributed by atoms with Crippen molar-refractivity contribution >= 4 is 34.1 Å². The highest BCUT2D eigenvalue weighted by Crippen LogP contribution is 2.23. The molecule has 0 atom stereocenters. The molecule has 0 radical (unpaired) electrons. The summed E-state index contributed by atoms with van der Waals surface area (Å²) in [5.74, 6) is 1.47.